The van der Waals surface area contributed by atoms with Gasteiger partial charge in [-0.3, -0.25) is 14.5 Å². The third-order valence-corrected chi connectivity index (χ3v) is 4.41. The fraction of sp³-hybridized carbons (Fsp3) is 0.0526. The number of pyridine rings is 1. The zero-order chi connectivity index (χ0) is 19.8. The Balaban J connectivity index is 1.86. The van der Waals surface area contributed by atoms with Gasteiger partial charge in [-0.15, -0.1) is 10.2 Å². The summed E-state index contributed by atoms with van der Waals surface area (Å²) in [7, 11) is 0. The second-order valence-corrected chi connectivity index (χ2v) is 6.44. The number of hydrogen-bond acceptors (Lipinski definition) is 5. The van der Waals surface area contributed by atoms with E-state index in [9.17, 15) is 14.5 Å². The maximum absolute atomic E-state index is 14.2. The monoisotopic (exact) mass is 398 g/mol. The molecule has 2 aromatic heterocycles. The van der Waals surface area contributed by atoms with E-state index in [1.165, 1.54) is 30.3 Å². The minimum Gasteiger partial charge on any atom is -0.454 e. The lowest BCUT2D eigenvalue weighted by atomic mass is 10.1. The molecule has 2 aromatic carbocycles. The largest absolute Gasteiger partial charge is 0.454 e. The highest BCUT2D eigenvalue weighted by Gasteiger charge is 2.17. The number of nitrogens with zero attached hydrogens (tertiary/aromatic N) is 4. The van der Waals surface area contributed by atoms with E-state index in [4.69, 9.17) is 16.3 Å². The topological polar surface area (TPSA) is 82.6 Å². The van der Waals surface area contributed by atoms with Crippen molar-refractivity contribution in [3.8, 4) is 22.6 Å². The van der Waals surface area contributed by atoms with Crippen molar-refractivity contribution in [2.75, 3.05) is 0 Å². The van der Waals surface area contributed by atoms with Crippen LogP contribution < -0.4 is 4.74 Å². The number of halogens is 2. The molecule has 0 bridgehead atoms. The van der Waals surface area contributed by atoms with Crippen LogP contribution in [0.2, 0.25) is 5.02 Å². The van der Waals surface area contributed by atoms with E-state index in [-0.39, 0.29) is 22.2 Å². The van der Waals surface area contributed by atoms with Crippen LogP contribution in [-0.2, 0) is 0 Å². The summed E-state index contributed by atoms with van der Waals surface area (Å²) < 4.78 is 21.6. The van der Waals surface area contributed by atoms with E-state index >= 15 is 0 Å². The van der Waals surface area contributed by atoms with Crippen LogP contribution in [0.15, 0.2) is 54.7 Å². The third-order valence-electron chi connectivity index (χ3n) is 4.17. The Bertz CT molecular complexity index is 1230. The van der Waals surface area contributed by atoms with Gasteiger partial charge in [0.05, 0.1) is 4.92 Å². The maximum atomic E-state index is 14.2. The van der Waals surface area contributed by atoms with E-state index in [0.717, 1.165) is 6.07 Å². The van der Waals surface area contributed by atoms with Crippen LogP contribution in [0.25, 0.3) is 16.8 Å². The van der Waals surface area contributed by atoms with Gasteiger partial charge in [0.15, 0.2) is 17.2 Å². The van der Waals surface area contributed by atoms with Crippen LogP contribution in [0, 0.1) is 22.9 Å². The molecule has 0 aliphatic rings. The molecule has 0 aliphatic carbocycles. The lowest BCUT2D eigenvalue weighted by molar-refractivity contribution is -0.384. The molecule has 0 saturated carbocycles. The first-order valence-corrected chi connectivity index (χ1v) is 8.53. The van der Waals surface area contributed by atoms with Gasteiger partial charge in [-0.25, -0.2) is 4.39 Å². The molecule has 0 atom stereocenters. The molecule has 0 N–H and O–H groups in total. The van der Waals surface area contributed by atoms with Crippen LogP contribution in [0.1, 0.15) is 5.82 Å². The number of hydrogen-bond donors (Lipinski definition) is 0. The Morgan fingerprint density at radius 1 is 1.11 bits per heavy atom. The Morgan fingerprint density at radius 2 is 1.89 bits per heavy atom. The number of fused-ring (bicyclic) bond motifs is 1. The third kappa shape index (κ3) is 3.25. The van der Waals surface area contributed by atoms with Gasteiger partial charge in [0, 0.05) is 34.5 Å². The van der Waals surface area contributed by atoms with Gasteiger partial charge in [-0.1, -0.05) is 11.6 Å². The summed E-state index contributed by atoms with van der Waals surface area (Å²) in [5.41, 5.74) is 1.58. The molecule has 4 aromatic rings. The van der Waals surface area contributed by atoms with Gasteiger partial charge in [-0.2, -0.15) is 0 Å². The van der Waals surface area contributed by atoms with Crippen LogP contribution in [-0.4, -0.2) is 19.5 Å². The summed E-state index contributed by atoms with van der Waals surface area (Å²) in [5.74, 6) is 0.244. The Hall–Kier alpha value is -3.52. The Kier molecular flexibility index (Phi) is 4.40. The van der Waals surface area contributed by atoms with Gasteiger partial charge in [-0.05, 0) is 43.3 Å². The predicted octanol–water partition coefficient (Wildman–Crippen LogP) is 5.20. The lowest BCUT2D eigenvalue weighted by Gasteiger charge is -2.12. The number of aromatic nitrogens is 3. The van der Waals surface area contributed by atoms with E-state index in [0.29, 0.717) is 22.6 Å². The molecule has 0 saturated heterocycles. The summed E-state index contributed by atoms with van der Waals surface area (Å²) >= 11 is 5.78. The zero-order valence-corrected chi connectivity index (χ0v) is 15.2. The van der Waals surface area contributed by atoms with Gasteiger partial charge >= 0.3 is 0 Å². The number of benzene rings is 2. The summed E-state index contributed by atoms with van der Waals surface area (Å²) in [5, 5.41) is 19.5. The second-order valence-electron chi connectivity index (χ2n) is 6.01. The fourth-order valence-corrected chi connectivity index (χ4v) is 2.95. The Labute approximate surface area is 163 Å². The first-order valence-electron chi connectivity index (χ1n) is 8.15. The van der Waals surface area contributed by atoms with Crippen molar-refractivity contribution in [3.05, 3.63) is 81.5 Å². The van der Waals surface area contributed by atoms with Crippen LogP contribution in [0.3, 0.4) is 0 Å². The highest BCUT2D eigenvalue weighted by Crippen LogP contribution is 2.37. The van der Waals surface area contributed by atoms with Crippen molar-refractivity contribution < 1.29 is 14.1 Å². The Morgan fingerprint density at radius 3 is 2.64 bits per heavy atom. The van der Waals surface area contributed by atoms with Crippen molar-refractivity contribution in [3.63, 3.8) is 0 Å². The molecule has 0 spiro atoms. The van der Waals surface area contributed by atoms with Crippen molar-refractivity contribution in [2.45, 2.75) is 6.92 Å². The SMILES string of the molecule is Cc1nnc2ccc(-c3cc([N+](=O)[O-])ccc3Oc3ccc(Cl)cc3F)cn12. The number of aryl methyl sites for hydroxylation is 1. The molecule has 2 heterocycles. The van der Waals surface area contributed by atoms with Gasteiger partial charge in [0.2, 0.25) is 0 Å². The maximum Gasteiger partial charge on any atom is 0.270 e. The molecule has 7 nitrogen and oxygen atoms in total. The summed E-state index contributed by atoms with van der Waals surface area (Å²) in [4.78, 5) is 10.7. The van der Waals surface area contributed by atoms with E-state index in [1.807, 2.05) is 0 Å². The smallest absolute Gasteiger partial charge is 0.270 e. The van der Waals surface area contributed by atoms with Crippen molar-refractivity contribution in [2.24, 2.45) is 0 Å². The standard InChI is InChI=1S/C19H12ClFN4O3/c1-11-22-23-19-7-2-12(10-24(11)19)15-9-14(25(26)27)4-6-17(15)28-18-5-3-13(20)8-16(18)21/h2-10H,1H3. The molecule has 0 fully saturated rings. The van der Waals surface area contributed by atoms with E-state index in [1.54, 1.807) is 29.7 Å². The van der Waals surface area contributed by atoms with E-state index in [2.05, 4.69) is 10.2 Å². The van der Waals surface area contributed by atoms with Crippen LogP contribution in [0.4, 0.5) is 10.1 Å². The first kappa shape index (κ1) is 17.9. The fourth-order valence-electron chi connectivity index (χ4n) is 2.79. The average Bonchev–Trinajstić information content (AvgIpc) is 3.04. The van der Waals surface area contributed by atoms with Crippen molar-refractivity contribution >= 4 is 22.9 Å². The lowest BCUT2D eigenvalue weighted by Crippen LogP contribution is -1.95. The number of ether oxygens (including phenoxy) is 1. The normalized spacial score (nSPS) is 11.0. The average molecular weight is 399 g/mol. The zero-order valence-electron chi connectivity index (χ0n) is 14.5. The molecule has 9 heteroatoms. The molecule has 140 valence electrons. The molecule has 0 amide bonds. The minimum absolute atomic E-state index is 0.0407. The number of rotatable bonds is 4. The summed E-state index contributed by atoms with van der Waals surface area (Å²) in [6.45, 7) is 1.79. The molecule has 28 heavy (non-hydrogen) atoms. The summed E-state index contributed by atoms with van der Waals surface area (Å²) in [6, 6.07) is 11.6. The molecule has 0 aliphatic heterocycles. The molecule has 4 rings (SSSR count). The number of nitro benzene ring substituents is 1. The van der Waals surface area contributed by atoms with Gasteiger partial charge < -0.3 is 4.74 Å². The van der Waals surface area contributed by atoms with E-state index < -0.39 is 10.7 Å². The molecular weight excluding hydrogens is 387 g/mol. The number of nitro groups is 1. The second kappa shape index (κ2) is 6.90. The quantitative estimate of drug-likeness (QED) is 0.348. The van der Waals surface area contributed by atoms with Gasteiger partial charge in [0.1, 0.15) is 11.6 Å². The number of non-ortho nitro benzene ring substituents is 1. The molecular formula is C19H12ClFN4O3. The highest BCUT2D eigenvalue weighted by molar-refractivity contribution is 6.30. The minimum atomic E-state index is -0.637. The molecule has 0 unspecified atom stereocenters. The van der Waals surface area contributed by atoms with Crippen LogP contribution in [0.5, 0.6) is 11.5 Å². The van der Waals surface area contributed by atoms with Crippen LogP contribution >= 0.6 is 11.6 Å². The summed E-state index contributed by atoms with van der Waals surface area (Å²) in [6.07, 6.45) is 1.74. The van der Waals surface area contributed by atoms with Gasteiger partial charge in [0.25, 0.3) is 5.69 Å². The van der Waals surface area contributed by atoms with Crippen molar-refractivity contribution in [1.82, 2.24) is 14.6 Å². The highest BCUT2D eigenvalue weighted by atomic mass is 35.5. The van der Waals surface area contributed by atoms with Crippen molar-refractivity contribution in [1.29, 1.82) is 0 Å². The predicted molar refractivity (Wildman–Crippen MR) is 101 cm³/mol. The first-order chi connectivity index (χ1) is 13.4. The molecule has 0 radical (unpaired) electrons.